The van der Waals surface area contributed by atoms with Crippen LogP contribution in [0.25, 0.3) is 10.8 Å². The molecule has 3 N–H and O–H groups in total. The van der Waals surface area contributed by atoms with E-state index in [1.807, 2.05) is 30.3 Å². The van der Waals surface area contributed by atoms with Gasteiger partial charge in [-0.2, -0.15) is 0 Å². The molecule has 0 fully saturated rings. The van der Waals surface area contributed by atoms with Crippen LogP contribution in [0.5, 0.6) is 0 Å². The molecular weight excluding hydrogens is 272 g/mol. The highest BCUT2D eigenvalue weighted by molar-refractivity contribution is 5.85. The Balaban J connectivity index is 2.21. The summed E-state index contributed by atoms with van der Waals surface area (Å²) in [5.41, 5.74) is 3.21. The molecule has 2 aromatic carbocycles. The van der Waals surface area contributed by atoms with Crippen LogP contribution in [0.1, 0.15) is 17.3 Å². The molecule has 5 heteroatoms. The van der Waals surface area contributed by atoms with E-state index in [1.165, 1.54) is 12.1 Å². The zero-order valence-corrected chi connectivity index (χ0v) is 11.1. The number of hydrogen-bond acceptors (Lipinski definition) is 3. The van der Waals surface area contributed by atoms with Gasteiger partial charge in [0.25, 0.3) is 0 Å². The molecule has 1 aromatic heterocycles. The normalized spacial score (nSPS) is 12.5. The molecule has 0 amide bonds. The van der Waals surface area contributed by atoms with Crippen molar-refractivity contribution in [3.05, 3.63) is 77.6 Å². The maximum atomic E-state index is 14.0. The fourth-order valence-corrected chi connectivity index (χ4v) is 2.43. The van der Waals surface area contributed by atoms with Crippen molar-refractivity contribution in [2.24, 2.45) is 5.84 Å². The van der Waals surface area contributed by atoms with Gasteiger partial charge in [0.2, 0.25) is 0 Å². The van der Waals surface area contributed by atoms with Crippen molar-refractivity contribution < 1.29 is 8.78 Å². The number of benzene rings is 2. The van der Waals surface area contributed by atoms with Gasteiger partial charge < -0.3 is 0 Å². The second-order valence-electron chi connectivity index (χ2n) is 4.66. The molecule has 0 aliphatic heterocycles. The summed E-state index contributed by atoms with van der Waals surface area (Å²) in [5.74, 6) is 3.74. The van der Waals surface area contributed by atoms with Crippen molar-refractivity contribution >= 4 is 10.8 Å². The fraction of sp³-hybridized carbons (Fsp3) is 0.0625. The lowest BCUT2D eigenvalue weighted by molar-refractivity contribution is 0.481. The van der Waals surface area contributed by atoms with Crippen LogP contribution in [0.4, 0.5) is 8.78 Å². The molecule has 3 nitrogen and oxygen atoms in total. The van der Waals surface area contributed by atoms with E-state index in [1.54, 1.807) is 6.20 Å². The largest absolute Gasteiger partial charge is 0.271 e. The molecule has 1 unspecified atom stereocenters. The molecule has 0 aliphatic rings. The maximum absolute atomic E-state index is 14.0. The number of nitrogens with two attached hydrogens (primary N) is 1. The third kappa shape index (κ3) is 2.37. The van der Waals surface area contributed by atoms with Crippen molar-refractivity contribution in [2.75, 3.05) is 0 Å². The first-order valence-corrected chi connectivity index (χ1v) is 6.46. The maximum Gasteiger partial charge on any atom is 0.164 e. The Hall–Kier alpha value is -2.37. The van der Waals surface area contributed by atoms with Gasteiger partial charge in [-0.05, 0) is 17.5 Å². The number of fused-ring (bicyclic) bond motifs is 1. The summed E-state index contributed by atoms with van der Waals surface area (Å²) >= 11 is 0. The van der Waals surface area contributed by atoms with E-state index >= 15 is 0 Å². The molecule has 1 atom stereocenters. The topological polar surface area (TPSA) is 50.9 Å². The quantitative estimate of drug-likeness (QED) is 0.574. The average molecular weight is 285 g/mol. The van der Waals surface area contributed by atoms with Crippen LogP contribution in [0.3, 0.4) is 0 Å². The molecule has 0 radical (unpaired) electrons. The number of halogens is 2. The highest BCUT2D eigenvalue weighted by Crippen LogP contribution is 2.28. The lowest BCUT2D eigenvalue weighted by Gasteiger charge is -2.18. The number of aromatic nitrogens is 1. The summed E-state index contributed by atoms with van der Waals surface area (Å²) < 4.78 is 27.5. The number of hydrogen-bond donors (Lipinski definition) is 2. The predicted molar refractivity (Wildman–Crippen MR) is 77.3 cm³/mol. The Morgan fingerprint density at radius 3 is 2.62 bits per heavy atom. The van der Waals surface area contributed by atoms with Gasteiger partial charge in [0, 0.05) is 17.1 Å². The average Bonchev–Trinajstić information content (AvgIpc) is 2.52. The standard InChI is InChI=1S/C16H13F2N3/c17-13-7-3-6-12(14(13)18)16(21-19)15-11-5-2-1-4-10(11)8-9-20-15/h1-9,16,21H,19H2. The van der Waals surface area contributed by atoms with Gasteiger partial charge in [-0.15, -0.1) is 0 Å². The van der Waals surface area contributed by atoms with Crippen molar-refractivity contribution in [3.8, 4) is 0 Å². The monoisotopic (exact) mass is 285 g/mol. The van der Waals surface area contributed by atoms with Crippen molar-refractivity contribution in [3.63, 3.8) is 0 Å². The van der Waals surface area contributed by atoms with Crippen molar-refractivity contribution in [2.45, 2.75) is 6.04 Å². The van der Waals surface area contributed by atoms with Gasteiger partial charge in [0.1, 0.15) is 0 Å². The highest BCUT2D eigenvalue weighted by Gasteiger charge is 2.21. The van der Waals surface area contributed by atoms with Crippen LogP contribution in [0, 0.1) is 11.6 Å². The lowest BCUT2D eigenvalue weighted by atomic mass is 9.98. The van der Waals surface area contributed by atoms with E-state index in [2.05, 4.69) is 10.4 Å². The van der Waals surface area contributed by atoms with Crippen LogP contribution >= 0.6 is 0 Å². The fourth-order valence-electron chi connectivity index (χ4n) is 2.43. The molecule has 0 spiro atoms. The molecule has 0 bridgehead atoms. The van der Waals surface area contributed by atoms with Crippen LogP contribution in [0.15, 0.2) is 54.7 Å². The molecule has 3 aromatic rings. The van der Waals surface area contributed by atoms with E-state index in [4.69, 9.17) is 5.84 Å². The zero-order valence-electron chi connectivity index (χ0n) is 11.1. The number of nitrogens with zero attached hydrogens (tertiary/aromatic N) is 1. The minimum atomic E-state index is -0.921. The van der Waals surface area contributed by atoms with Gasteiger partial charge in [0.15, 0.2) is 11.6 Å². The van der Waals surface area contributed by atoms with E-state index in [0.29, 0.717) is 5.69 Å². The zero-order chi connectivity index (χ0) is 14.8. The summed E-state index contributed by atoms with van der Waals surface area (Å²) in [5, 5.41) is 1.80. The number of nitrogens with one attached hydrogen (secondary N) is 1. The molecular formula is C16H13F2N3. The van der Waals surface area contributed by atoms with E-state index in [0.717, 1.165) is 16.8 Å². The van der Waals surface area contributed by atoms with Crippen LogP contribution < -0.4 is 11.3 Å². The predicted octanol–water partition coefficient (Wildman–Crippen LogP) is 3.07. The summed E-state index contributed by atoms with van der Waals surface area (Å²) in [6.45, 7) is 0. The highest BCUT2D eigenvalue weighted by atomic mass is 19.2. The van der Waals surface area contributed by atoms with Gasteiger partial charge >= 0.3 is 0 Å². The number of pyridine rings is 1. The Kier molecular flexibility index (Phi) is 3.60. The minimum Gasteiger partial charge on any atom is -0.271 e. The first-order valence-electron chi connectivity index (χ1n) is 6.46. The minimum absolute atomic E-state index is 0.126. The summed E-state index contributed by atoms with van der Waals surface area (Å²) in [7, 11) is 0. The van der Waals surface area contributed by atoms with Crippen LogP contribution in [-0.2, 0) is 0 Å². The second-order valence-corrected chi connectivity index (χ2v) is 4.66. The number of hydrazine groups is 1. The van der Waals surface area contributed by atoms with Gasteiger partial charge in [-0.1, -0.05) is 36.4 Å². The Morgan fingerprint density at radius 1 is 1.00 bits per heavy atom. The molecule has 0 saturated carbocycles. The van der Waals surface area contributed by atoms with E-state index in [9.17, 15) is 8.78 Å². The molecule has 1 heterocycles. The van der Waals surface area contributed by atoms with Gasteiger partial charge in [0.05, 0.1) is 11.7 Å². The summed E-state index contributed by atoms with van der Waals surface area (Å²) in [6.07, 6.45) is 1.62. The van der Waals surface area contributed by atoms with Gasteiger partial charge in [-0.3, -0.25) is 10.8 Å². The third-order valence-corrected chi connectivity index (χ3v) is 3.44. The molecule has 21 heavy (non-hydrogen) atoms. The molecule has 0 saturated heterocycles. The molecule has 0 aliphatic carbocycles. The van der Waals surface area contributed by atoms with Crippen molar-refractivity contribution in [1.82, 2.24) is 10.4 Å². The summed E-state index contributed by atoms with van der Waals surface area (Å²) in [4.78, 5) is 4.29. The SMILES string of the molecule is NNC(c1cccc(F)c1F)c1nccc2ccccc12. The molecule has 3 rings (SSSR count). The van der Waals surface area contributed by atoms with E-state index < -0.39 is 17.7 Å². The van der Waals surface area contributed by atoms with Crippen LogP contribution in [-0.4, -0.2) is 4.98 Å². The summed E-state index contributed by atoms with van der Waals surface area (Å²) in [6, 6.07) is 12.7. The number of rotatable bonds is 3. The lowest BCUT2D eigenvalue weighted by Crippen LogP contribution is -2.30. The third-order valence-electron chi connectivity index (χ3n) is 3.44. The second kappa shape index (κ2) is 5.55. The van der Waals surface area contributed by atoms with E-state index in [-0.39, 0.29) is 5.56 Å². The Morgan fingerprint density at radius 2 is 1.81 bits per heavy atom. The first kappa shape index (κ1) is 13.6. The Bertz CT molecular complexity index is 784. The Labute approximate surface area is 120 Å². The smallest absolute Gasteiger partial charge is 0.164 e. The van der Waals surface area contributed by atoms with Gasteiger partial charge in [-0.25, -0.2) is 14.2 Å². The molecule has 106 valence electrons. The first-order chi connectivity index (χ1) is 10.2. The van der Waals surface area contributed by atoms with Crippen molar-refractivity contribution in [1.29, 1.82) is 0 Å². The van der Waals surface area contributed by atoms with Crippen LogP contribution in [0.2, 0.25) is 0 Å².